The molecule has 0 bridgehead atoms. The molecule has 0 fully saturated rings. The Kier molecular flexibility index (Phi) is 4.22. The minimum atomic E-state index is -3.65. The van der Waals surface area contributed by atoms with Gasteiger partial charge in [-0.2, -0.15) is 0 Å². The van der Waals surface area contributed by atoms with Crippen LogP contribution in [0.4, 0.5) is 0 Å². The van der Waals surface area contributed by atoms with Gasteiger partial charge in [0.1, 0.15) is 16.4 Å². The number of pyridine rings is 1. The van der Waals surface area contributed by atoms with Crippen LogP contribution in [0.5, 0.6) is 0 Å². The zero-order chi connectivity index (χ0) is 14.8. The summed E-state index contributed by atoms with van der Waals surface area (Å²) in [6.45, 7) is 3.52. The number of nitrogens with one attached hydrogen (secondary N) is 1. The maximum Gasteiger partial charge on any atom is 0.244 e. The van der Waals surface area contributed by atoms with Crippen molar-refractivity contribution in [3.63, 3.8) is 0 Å². The zero-order valence-electron chi connectivity index (χ0n) is 11.3. The first kappa shape index (κ1) is 14.7. The predicted molar refractivity (Wildman–Crippen MR) is 74.3 cm³/mol. The summed E-state index contributed by atoms with van der Waals surface area (Å²) in [5.41, 5.74) is 6.24. The third-order valence-corrected chi connectivity index (χ3v) is 4.58. The highest BCUT2D eigenvalue weighted by atomic mass is 32.2. The molecule has 7 heteroatoms. The molecule has 1 unspecified atom stereocenters. The number of hydrogen-bond acceptors (Lipinski definition) is 5. The van der Waals surface area contributed by atoms with Gasteiger partial charge in [-0.25, -0.2) is 13.1 Å². The van der Waals surface area contributed by atoms with Crippen molar-refractivity contribution in [3.8, 4) is 0 Å². The van der Waals surface area contributed by atoms with E-state index in [9.17, 15) is 8.42 Å². The van der Waals surface area contributed by atoms with Crippen LogP contribution in [0.15, 0.2) is 39.9 Å². The van der Waals surface area contributed by atoms with Crippen molar-refractivity contribution in [2.24, 2.45) is 5.73 Å². The summed E-state index contributed by atoms with van der Waals surface area (Å²) in [6.07, 6.45) is 3.26. The van der Waals surface area contributed by atoms with Gasteiger partial charge in [0.15, 0.2) is 0 Å². The molecule has 0 aromatic carbocycles. The van der Waals surface area contributed by atoms with E-state index < -0.39 is 10.0 Å². The molecule has 108 valence electrons. The first-order chi connectivity index (χ1) is 9.44. The predicted octanol–water partition coefficient (Wildman–Crippen LogP) is 1.48. The lowest BCUT2D eigenvalue weighted by molar-refractivity contribution is 0.478. The first-order valence-corrected chi connectivity index (χ1v) is 7.64. The Morgan fingerprint density at radius 1 is 1.50 bits per heavy atom. The van der Waals surface area contributed by atoms with Crippen molar-refractivity contribution in [2.45, 2.75) is 31.3 Å². The Morgan fingerprint density at radius 3 is 2.80 bits per heavy atom. The van der Waals surface area contributed by atoms with Crippen LogP contribution in [-0.2, 0) is 16.6 Å². The van der Waals surface area contributed by atoms with Gasteiger partial charge in [0.05, 0.1) is 6.54 Å². The van der Waals surface area contributed by atoms with E-state index in [4.69, 9.17) is 10.2 Å². The summed E-state index contributed by atoms with van der Waals surface area (Å²) in [4.78, 5) is 4.09. The highest BCUT2D eigenvalue weighted by Gasteiger charge is 2.23. The third kappa shape index (κ3) is 3.06. The van der Waals surface area contributed by atoms with Gasteiger partial charge in [0.2, 0.25) is 10.0 Å². The van der Waals surface area contributed by atoms with Crippen LogP contribution < -0.4 is 10.5 Å². The van der Waals surface area contributed by atoms with Crippen molar-refractivity contribution >= 4 is 10.0 Å². The molecule has 0 saturated heterocycles. The second kappa shape index (κ2) is 5.74. The Hall–Kier alpha value is -1.70. The monoisotopic (exact) mass is 295 g/mol. The highest BCUT2D eigenvalue weighted by molar-refractivity contribution is 7.89. The second-order valence-electron chi connectivity index (χ2n) is 4.47. The average Bonchev–Trinajstić information content (AvgIpc) is 2.81. The molecule has 0 aliphatic carbocycles. The van der Waals surface area contributed by atoms with Crippen molar-refractivity contribution in [2.75, 3.05) is 0 Å². The second-order valence-corrected chi connectivity index (χ2v) is 6.15. The number of nitrogens with zero attached hydrogens (tertiary/aromatic N) is 1. The molecular formula is C13H17N3O3S. The molecule has 0 aliphatic rings. The van der Waals surface area contributed by atoms with E-state index in [1.54, 1.807) is 32.3 Å². The van der Waals surface area contributed by atoms with Crippen LogP contribution >= 0.6 is 0 Å². The van der Waals surface area contributed by atoms with Crippen molar-refractivity contribution < 1.29 is 12.8 Å². The largest absolute Gasteiger partial charge is 0.464 e. The lowest BCUT2D eigenvalue weighted by atomic mass is 10.2. The molecule has 2 heterocycles. The molecule has 0 saturated carbocycles. The SMILES string of the molecule is Cc1oc(CN)cc1S(=O)(=O)NC(C)c1cccnc1. The fraction of sp³-hybridized carbons (Fsp3) is 0.308. The number of nitrogens with two attached hydrogens (primary N) is 1. The Balaban J connectivity index is 2.25. The molecule has 2 aromatic rings. The van der Waals surface area contributed by atoms with Crippen LogP contribution in [0, 0.1) is 6.92 Å². The molecule has 1 atom stereocenters. The van der Waals surface area contributed by atoms with Gasteiger partial charge in [-0.05, 0) is 25.5 Å². The molecule has 0 amide bonds. The van der Waals surface area contributed by atoms with Gasteiger partial charge in [0, 0.05) is 24.5 Å². The molecule has 0 spiro atoms. The summed E-state index contributed by atoms with van der Waals surface area (Å²) >= 11 is 0. The Bertz CT molecular complexity index is 680. The van der Waals surface area contributed by atoms with E-state index in [1.165, 1.54) is 6.07 Å². The molecule has 6 nitrogen and oxygen atoms in total. The standard InChI is InChI=1S/C13H17N3O3S/c1-9(11-4-3-5-15-8-11)16-20(17,18)13-6-12(7-14)19-10(13)2/h3-6,8-9,16H,7,14H2,1-2H3. The topological polar surface area (TPSA) is 98.2 Å². The van der Waals surface area contributed by atoms with Crippen molar-refractivity contribution in [1.29, 1.82) is 0 Å². The number of aromatic nitrogens is 1. The molecule has 2 aromatic heterocycles. The number of hydrogen-bond donors (Lipinski definition) is 2. The first-order valence-electron chi connectivity index (χ1n) is 6.15. The van der Waals surface area contributed by atoms with Gasteiger partial charge >= 0.3 is 0 Å². The molecule has 0 aliphatic heterocycles. The minimum Gasteiger partial charge on any atom is -0.464 e. The van der Waals surface area contributed by atoms with Crippen LogP contribution in [-0.4, -0.2) is 13.4 Å². The lowest BCUT2D eigenvalue weighted by Gasteiger charge is -2.13. The fourth-order valence-corrected chi connectivity index (χ4v) is 3.32. The number of sulfonamides is 1. The maximum absolute atomic E-state index is 12.3. The normalized spacial score (nSPS) is 13.3. The van der Waals surface area contributed by atoms with Crippen LogP contribution in [0.1, 0.15) is 30.0 Å². The Morgan fingerprint density at radius 2 is 2.25 bits per heavy atom. The zero-order valence-corrected chi connectivity index (χ0v) is 12.1. The Labute approximate surface area is 118 Å². The van der Waals surface area contributed by atoms with E-state index in [0.29, 0.717) is 11.5 Å². The fourth-order valence-electron chi connectivity index (χ4n) is 1.89. The van der Waals surface area contributed by atoms with Crippen LogP contribution in [0.25, 0.3) is 0 Å². The molecular weight excluding hydrogens is 278 g/mol. The van der Waals surface area contributed by atoms with Crippen LogP contribution in [0.2, 0.25) is 0 Å². The summed E-state index contributed by atoms with van der Waals surface area (Å²) in [5, 5.41) is 0. The van der Waals surface area contributed by atoms with E-state index in [2.05, 4.69) is 9.71 Å². The third-order valence-electron chi connectivity index (χ3n) is 2.93. The smallest absolute Gasteiger partial charge is 0.244 e. The van der Waals surface area contributed by atoms with Gasteiger partial charge < -0.3 is 10.2 Å². The van der Waals surface area contributed by atoms with Gasteiger partial charge in [-0.1, -0.05) is 6.07 Å². The van der Waals surface area contributed by atoms with Crippen LogP contribution in [0.3, 0.4) is 0 Å². The lowest BCUT2D eigenvalue weighted by Crippen LogP contribution is -2.27. The van der Waals surface area contributed by atoms with Gasteiger partial charge in [-0.3, -0.25) is 4.98 Å². The quantitative estimate of drug-likeness (QED) is 0.870. The number of aryl methyl sites for hydroxylation is 1. The number of furan rings is 1. The number of rotatable bonds is 5. The molecule has 20 heavy (non-hydrogen) atoms. The minimum absolute atomic E-state index is 0.119. The molecule has 0 radical (unpaired) electrons. The van der Waals surface area contributed by atoms with E-state index in [-0.39, 0.29) is 17.5 Å². The molecule has 2 rings (SSSR count). The summed E-state index contributed by atoms with van der Waals surface area (Å²) in [5.74, 6) is 0.772. The van der Waals surface area contributed by atoms with Crippen molar-refractivity contribution in [3.05, 3.63) is 47.7 Å². The highest BCUT2D eigenvalue weighted by Crippen LogP contribution is 2.22. The van der Waals surface area contributed by atoms with Gasteiger partial charge in [-0.15, -0.1) is 0 Å². The van der Waals surface area contributed by atoms with E-state index >= 15 is 0 Å². The maximum atomic E-state index is 12.3. The summed E-state index contributed by atoms with van der Waals surface area (Å²) in [7, 11) is -3.65. The average molecular weight is 295 g/mol. The van der Waals surface area contributed by atoms with Gasteiger partial charge in [0.25, 0.3) is 0 Å². The summed E-state index contributed by atoms with van der Waals surface area (Å²) in [6, 6.07) is 4.64. The van der Waals surface area contributed by atoms with E-state index in [0.717, 1.165) is 5.56 Å². The summed E-state index contributed by atoms with van der Waals surface area (Å²) < 4.78 is 32.5. The van der Waals surface area contributed by atoms with Crippen molar-refractivity contribution in [1.82, 2.24) is 9.71 Å². The van der Waals surface area contributed by atoms with E-state index in [1.807, 2.05) is 6.07 Å². The molecule has 3 N–H and O–H groups in total.